The summed E-state index contributed by atoms with van der Waals surface area (Å²) in [6.07, 6.45) is 4.13. The summed E-state index contributed by atoms with van der Waals surface area (Å²) in [6, 6.07) is 5.15. The van der Waals surface area contributed by atoms with Crippen LogP contribution in [0, 0.1) is 5.41 Å². The molecule has 0 aliphatic heterocycles. The van der Waals surface area contributed by atoms with Crippen molar-refractivity contribution in [2.45, 2.75) is 63.1 Å². The smallest absolute Gasteiger partial charge is 0.329 e. The minimum absolute atomic E-state index is 0.0844. The second-order valence-electron chi connectivity index (χ2n) is 8.54. The highest BCUT2D eigenvalue weighted by Gasteiger charge is 2.39. The number of nitrogens with zero attached hydrogens (tertiary/aromatic N) is 2. The summed E-state index contributed by atoms with van der Waals surface area (Å²) in [4.78, 5) is 26.4. The minimum atomic E-state index is -1.39. The second kappa shape index (κ2) is 6.39. The van der Waals surface area contributed by atoms with Crippen LogP contribution in [0.3, 0.4) is 0 Å². The van der Waals surface area contributed by atoms with Crippen LogP contribution < -0.4 is 21.7 Å². The first kappa shape index (κ1) is 18.6. The Bertz CT molecular complexity index is 1050. The van der Waals surface area contributed by atoms with E-state index in [1.807, 2.05) is 6.92 Å². The van der Waals surface area contributed by atoms with Crippen molar-refractivity contribution in [2.75, 3.05) is 6.54 Å². The Balaban J connectivity index is 1.85. The molecule has 8 heteroatoms. The molecule has 1 atom stereocenters. The fourth-order valence-corrected chi connectivity index (χ4v) is 4.51. The lowest BCUT2D eigenvalue weighted by molar-refractivity contribution is 0.444. The van der Waals surface area contributed by atoms with E-state index < -0.39 is 11.0 Å². The van der Waals surface area contributed by atoms with Crippen LogP contribution in [0.1, 0.15) is 39.5 Å². The van der Waals surface area contributed by atoms with Crippen molar-refractivity contribution in [3.05, 3.63) is 39.0 Å². The number of nitrogens with one attached hydrogen (secondary N) is 1. The lowest BCUT2D eigenvalue weighted by Gasteiger charge is -2.17. The predicted octanol–water partition coefficient (Wildman–Crippen LogP) is 1.09. The number of nitrogens with two attached hydrogens (primary N) is 1. The van der Waals surface area contributed by atoms with Gasteiger partial charge < -0.3 is 5.73 Å². The molecule has 0 bridgehead atoms. The largest absolute Gasteiger partial charge is 0.331 e. The normalized spacial score (nSPS) is 20.6. The van der Waals surface area contributed by atoms with Gasteiger partial charge in [0.1, 0.15) is 11.0 Å². The van der Waals surface area contributed by atoms with Crippen molar-refractivity contribution in [2.24, 2.45) is 11.1 Å². The number of hydrogen-bond acceptors (Lipinski definition) is 4. The molecule has 0 saturated heterocycles. The predicted molar refractivity (Wildman–Crippen MR) is 106 cm³/mol. The van der Waals surface area contributed by atoms with Crippen LogP contribution in [0.2, 0.25) is 0 Å². The zero-order valence-electron chi connectivity index (χ0n) is 15.8. The van der Waals surface area contributed by atoms with Crippen molar-refractivity contribution in [3.63, 3.8) is 0 Å². The molecule has 2 aliphatic rings. The Hall–Kier alpha value is -1.77. The van der Waals surface area contributed by atoms with Crippen molar-refractivity contribution in [1.82, 2.24) is 13.9 Å². The molecule has 3 N–H and O–H groups in total. The average Bonchev–Trinajstić information content (AvgIpc) is 3.55. The fraction of sp³-hybridized carbons (Fsp3) is 0.579. The third-order valence-corrected chi connectivity index (χ3v) is 7.11. The molecule has 2 aromatic rings. The van der Waals surface area contributed by atoms with Gasteiger partial charge in [-0.2, -0.15) is 0 Å². The van der Waals surface area contributed by atoms with Crippen LogP contribution in [0.5, 0.6) is 0 Å². The molecule has 146 valence electrons. The van der Waals surface area contributed by atoms with Gasteiger partial charge in [-0.1, -0.05) is 6.92 Å². The van der Waals surface area contributed by atoms with E-state index in [1.54, 1.807) is 22.8 Å². The summed E-state index contributed by atoms with van der Waals surface area (Å²) in [7, 11) is -1.39. The van der Waals surface area contributed by atoms with Gasteiger partial charge in [-0.05, 0) is 56.2 Å². The molecule has 1 aromatic heterocycles. The highest BCUT2D eigenvalue weighted by Crippen LogP contribution is 2.46. The number of rotatable bonds is 7. The Morgan fingerprint density at radius 2 is 1.85 bits per heavy atom. The van der Waals surface area contributed by atoms with Crippen molar-refractivity contribution in [1.29, 1.82) is 0 Å². The van der Waals surface area contributed by atoms with Gasteiger partial charge in [-0.15, -0.1) is 0 Å². The van der Waals surface area contributed by atoms with Gasteiger partial charge in [-0.3, -0.25) is 13.9 Å². The molecule has 2 saturated carbocycles. The SMILES string of the molecule is CC1(Cn2c(=O)n(CCN)c(=O)c3cc(S(=O)NC4(C)CC4)ccc32)CC1. The molecule has 2 aliphatic carbocycles. The molecule has 27 heavy (non-hydrogen) atoms. The lowest BCUT2D eigenvalue weighted by Crippen LogP contribution is -2.42. The van der Waals surface area contributed by atoms with E-state index in [-0.39, 0.29) is 35.3 Å². The van der Waals surface area contributed by atoms with E-state index in [1.165, 1.54) is 4.57 Å². The summed E-state index contributed by atoms with van der Waals surface area (Å²) >= 11 is 0. The van der Waals surface area contributed by atoms with Crippen LogP contribution in [0.25, 0.3) is 10.9 Å². The maximum absolute atomic E-state index is 12.9. The Morgan fingerprint density at radius 1 is 1.15 bits per heavy atom. The average molecular weight is 391 g/mol. The Kier molecular flexibility index (Phi) is 4.40. The van der Waals surface area contributed by atoms with Crippen LogP contribution in [-0.2, 0) is 24.1 Å². The molecular weight excluding hydrogens is 364 g/mol. The molecule has 1 aromatic carbocycles. The van der Waals surface area contributed by atoms with E-state index >= 15 is 0 Å². The van der Waals surface area contributed by atoms with Gasteiger partial charge in [0.25, 0.3) is 5.56 Å². The second-order valence-corrected chi connectivity index (χ2v) is 9.75. The Morgan fingerprint density at radius 3 is 2.44 bits per heavy atom. The zero-order valence-corrected chi connectivity index (χ0v) is 16.6. The number of fused-ring (bicyclic) bond motifs is 1. The van der Waals surface area contributed by atoms with Gasteiger partial charge in [0.2, 0.25) is 0 Å². The van der Waals surface area contributed by atoms with E-state index in [0.717, 1.165) is 25.7 Å². The van der Waals surface area contributed by atoms with E-state index in [0.29, 0.717) is 22.3 Å². The van der Waals surface area contributed by atoms with Crippen LogP contribution in [0.15, 0.2) is 32.7 Å². The quantitative estimate of drug-likeness (QED) is 0.739. The molecular formula is C19H26N4O3S. The first-order valence-electron chi connectivity index (χ1n) is 9.42. The molecule has 1 heterocycles. The third kappa shape index (κ3) is 3.53. The summed E-state index contributed by atoms with van der Waals surface area (Å²) in [6.45, 7) is 5.14. The van der Waals surface area contributed by atoms with Crippen LogP contribution >= 0.6 is 0 Å². The van der Waals surface area contributed by atoms with Gasteiger partial charge in [0.05, 0.1) is 15.8 Å². The van der Waals surface area contributed by atoms with E-state index in [2.05, 4.69) is 11.6 Å². The molecule has 2 fully saturated rings. The first-order chi connectivity index (χ1) is 12.8. The van der Waals surface area contributed by atoms with Gasteiger partial charge in [-0.25, -0.2) is 13.7 Å². The number of benzene rings is 1. The van der Waals surface area contributed by atoms with E-state index in [9.17, 15) is 13.8 Å². The van der Waals surface area contributed by atoms with Crippen molar-refractivity contribution >= 4 is 21.9 Å². The van der Waals surface area contributed by atoms with Gasteiger partial charge >= 0.3 is 5.69 Å². The maximum atomic E-state index is 12.9. The highest BCUT2D eigenvalue weighted by molar-refractivity contribution is 7.83. The lowest BCUT2D eigenvalue weighted by atomic mass is 10.1. The van der Waals surface area contributed by atoms with Gasteiger partial charge in [0.15, 0.2) is 0 Å². The van der Waals surface area contributed by atoms with Crippen molar-refractivity contribution in [3.8, 4) is 0 Å². The molecule has 0 radical (unpaired) electrons. The zero-order chi connectivity index (χ0) is 19.4. The number of hydrogen-bond donors (Lipinski definition) is 2. The van der Waals surface area contributed by atoms with Gasteiger partial charge in [0, 0.05) is 25.2 Å². The third-order valence-electron chi connectivity index (χ3n) is 5.75. The summed E-state index contributed by atoms with van der Waals surface area (Å²) in [5.41, 5.74) is 5.56. The molecule has 4 rings (SSSR count). The van der Waals surface area contributed by atoms with E-state index in [4.69, 9.17) is 5.73 Å². The van der Waals surface area contributed by atoms with Crippen LogP contribution in [0.4, 0.5) is 0 Å². The number of aromatic nitrogens is 2. The minimum Gasteiger partial charge on any atom is -0.329 e. The monoisotopic (exact) mass is 390 g/mol. The molecule has 0 spiro atoms. The standard InChI is InChI=1S/C19H26N4O3S/c1-18(5-6-18)12-23-15-4-3-13(27(26)21-19(2)7-8-19)11-14(15)16(24)22(10-9-20)17(23)25/h3-4,11,21H,5-10,12,20H2,1-2H3. The summed E-state index contributed by atoms with van der Waals surface area (Å²) in [5, 5.41) is 0.418. The van der Waals surface area contributed by atoms with Crippen molar-refractivity contribution < 1.29 is 4.21 Å². The Labute approximate surface area is 160 Å². The summed E-state index contributed by atoms with van der Waals surface area (Å²) in [5.74, 6) is 0. The fourth-order valence-electron chi connectivity index (χ4n) is 3.32. The topological polar surface area (TPSA) is 99.1 Å². The summed E-state index contributed by atoms with van der Waals surface area (Å²) < 4.78 is 18.7. The highest BCUT2D eigenvalue weighted by atomic mass is 32.2. The first-order valence-corrected chi connectivity index (χ1v) is 10.6. The maximum Gasteiger partial charge on any atom is 0.331 e. The van der Waals surface area contributed by atoms with Crippen LogP contribution in [-0.4, -0.2) is 25.4 Å². The molecule has 0 amide bonds. The molecule has 1 unspecified atom stereocenters. The molecule has 7 nitrogen and oxygen atoms in total.